The molecule has 0 radical (unpaired) electrons. The standard InChI is InChI=1S/C17H19N5OS/c23-17-20-19-12-22(17)11-15-4-5-16(24-15)13-2-1-3-14(10-13)21-8-6-18-7-9-21/h1-5,10,12,18H,6-9,11H2,(H,20,23). The number of nitrogens with zero attached hydrogens (tertiary/aromatic N) is 3. The molecule has 6 nitrogen and oxygen atoms in total. The lowest BCUT2D eigenvalue weighted by Crippen LogP contribution is -2.43. The molecule has 124 valence electrons. The summed E-state index contributed by atoms with van der Waals surface area (Å²) in [6.07, 6.45) is 1.53. The van der Waals surface area contributed by atoms with Crippen LogP contribution in [-0.2, 0) is 6.54 Å². The molecule has 2 N–H and O–H groups in total. The zero-order valence-electron chi connectivity index (χ0n) is 13.2. The van der Waals surface area contributed by atoms with Crippen LogP contribution in [0.2, 0.25) is 0 Å². The van der Waals surface area contributed by atoms with Crippen molar-refractivity contribution in [2.24, 2.45) is 0 Å². The number of hydrogen-bond donors (Lipinski definition) is 2. The largest absolute Gasteiger partial charge is 0.369 e. The van der Waals surface area contributed by atoms with E-state index in [9.17, 15) is 4.79 Å². The Balaban J connectivity index is 1.56. The van der Waals surface area contributed by atoms with E-state index in [1.165, 1.54) is 22.5 Å². The predicted octanol–water partition coefficient (Wildman–Crippen LogP) is 1.76. The Bertz CT molecular complexity index is 875. The Morgan fingerprint density at radius 2 is 2.04 bits per heavy atom. The number of anilines is 1. The first-order chi connectivity index (χ1) is 11.8. The van der Waals surface area contributed by atoms with Crippen molar-refractivity contribution in [3.63, 3.8) is 0 Å². The zero-order valence-corrected chi connectivity index (χ0v) is 14.1. The van der Waals surface area contributed by atoms with Crippen LogP contribution in [0.15, 0.2) is 47.5 Å². The van der Waals surface area contributed by atoms with Gasteiger partial charge in [0.15, 0.2) is 0 Å². The summed E-state index contributed by atoms with van der Waals surface area (Å²) >= 11 is 1.72. The van der Waals surface area contributed by atoms with Gasteiger partial charge in [-0.25, -0.2) is 9.89 Å². The van der Waals surface area contributed by atoms with E-state index in [0.29, 0.717) is 6.54 Å². The molecule has 0 bridgehead atoms. The highest BCUT2D eigenvalue weighted by molar-refractivity contribution is 7.15. The molecule has 1 aliphatic rings. The number of piperazine rings is 1. The number of nitrogens with one attached hydrogen (secondary N) is 2. The van der Waals surface area contributed by atoms with Crippen molar-refractivity contribution in [2.75, 3.05) is 31.1 Å². The molecule has 24 heavy (non-hydrogen) atoms. The lowest BCUT2D eigenvalue weighted by atomic mass is 10.1. The second-order valence-corrected chi connectivity index (χ2v) is 7.01. The van der Waals surface area contributed by atoms with Crippen molar-refractivity contribution in [1.29, 1.82) is 0 Å². The molecule has 1 aromatic carbocycles. The van der Waals surface area contributed by atoms with E-state index in [1.54, 1.807) is 15.9 Å². The molecule has 0 spiro atoms. The van der Waals surface area contributed by atoms with Gasteiger partial charge >= 0.3 is 5.69 Å². The van der Waals surface area contributed by atoms with Gasteiger partial charge in [-0.2, -0.15) is 5.10 Å². The third-order valence-electron chi connectivity index (χ3n) is 4.22. The molecule has 0 amide bonds. The van der Waals surface area contributed by atoms with Crippen LogP contribution in [-0.4, -0.2) is 40.9 Å². The molecule has 0 aliphatic carbocycles. The molecule has 0 saturated carbocycles. The zero-order chi connectivity index (χ0) is 16.4. The van der Waals surface area contributed by atoms with Crippen LogP contribution in [0, 0.1) is 0 Å². The van der Waals surface area contributed by atoms with Crippen LogP contribution in [0.5, 0.6) is 0 Å². The van der Waals surface area contributed by atoms with Gasteiger partial charge in [-0.3, -0.25) is 4.57 Å². The van der Waals surface area contributed by atoms with E-state index in [2.05, 4.69) is 56.8 Å². The first-order valence-corrected chi connectivity index (χ1v) is 8.86. The Hall–Kier alpha value is -2.38. The van der Waals surface area contributed by atoms with Crippen molar-refractivity contribution in [3.8, 4) is 10.4 Å². The maximum absolute atomic E-state index is 11.6. The van der Waals surface area contributed by atoms with Crippen LogP contribution in [0.3, 0.4) is 0 Å². The highest BCUT2D eigenvalue weighted by Gasteiger charge is 2.12. The molecule has 1 aliphatic heterocycles. The average molecular weight is 341 g/mol. The Morgan fingerprint density at radius 3 is 2.83 bits per heavy atom. The van der Waals surface area contributed by atoms with Crippen LogP contribution < -0.4 is 15.9 Å². The molecule has 1 saturated heterocycles. The molecule has 7 heteroatoms. The van der Waals surface area contributed by atoms with Crippen molar-refractivity contribution < 1.29 is 0 Å². The Kier molecular flexibility index (Phi) is 4.18. The normalized spacial score (nSPS) is 14.9. The van der Waals surface area contributed by atoms with Crippen molar-refractivity contribution in [1.82, 2.24) is 20.1 Å². The summed E-state index contributed by atoms with van der Waals surface area (Å²) in [6.45, 7) is 4.71. The van der Waals surface area contributed by atoms with Crippen molar-refractivity contribution in [2.45, 2.75) is 6.54 Å². The summed E-state index contributed by atoms with van der Waals surface area (Å²) < 4.78 is 1.58. The average Bonchev–Trinajstić information content (AvgIpc) is 3.26. The van der Waals surface area contributed by atoms with Gasteiger partial charge < -0.3 is 10.2 Å². The number of thiophene rings is 1. The van der Waals surface area contributed by atoms with Gasteiger partial charge in [0.2, 0.25) is 0 Å². The summed E-state index contributed by atoms with van der Waals surface area (Å²) in [5.74, 6) is 0. The summed E-state index contributed by atoms with van der Waals surface area (Å²) in [5.41, 5.74) is 2.32. The highest BCUT2D eigenvalue weighted by atomic mass is 32.1. The van der Waals surface area contributed by atoms with Gasteiger partial charge in [0.1, 0.15) is 6.33 Å². The molecule has 4 rings (SSSR count). The number of benzene rings is 1. The molecule has 2 aromatic heterocycles. The maximum Gasteiger partial charge on any atom is 0.343 e. The van der Waals surface area contributed by atoms with Crippen molar-refractivity contribution >= 4 is 17.0 Å². The minimum Gasteiger partial charge on any atom is -0.369 e. The van der Waals surface area contributed by atoms with Crippen LogP contribution in [0.4, 0.5) is 5.69 Å². The smallest absolute Gasteiger partial charge is 0.343 e. The highest BCUT2D eigenvalue weighted by Crippen LogP contribution is 2.31. The number of hydrogen-bond acceptors (Lipinski definition) is 5. The quantitative estimate of drug-likeness (QED) is 0.759. The number of H-pyrrole nitrogens is 1. The van der Waals surface area contributed by atoms with Crippen molar-refractivity contribution in [3.05, 3.63) is 58.1 Å². The van der Waals surface area contributed by atoms with Gasteiger partial charge in [-0.1, -0.05) is 12.1 Å². The molecule has 0 atom stereocenters. The lowest BCUT2D eigenvalue weighted by molar-refractivity contribution is 0.589. The molecule has 0 unspecified atom stereocenters. The Labute approximate surface area is 143 Å². The van der Waals surface area contributed by atoms with Gasteiger partial charge in [-0.15, -0.1) is 11.3 Å². The number of aromatic nitrogens is 3. The fourth-order valence-corrected chi connectivity index (χ4v) is 3.95. The minimum atomic E-state index is -0.175. The van der Waals surface area contributed by atoms with Gasteiger partial charge in [0.05, 0.1) is 6.54 Å². The number of rotatable bonds is 4. The molecule has 3 heterocycles. The summed E-state index contributed by atoms with van der Waals surface area (Å²) in [4.78, 5) is 16.3. The first-order valence-electron chi connectivity index (χ1n) is 8.04. The summed E-state index contributed by atoms with van der Waals surface area (Å²) in [6, 6.07) is 12.9. The van der Waals surface area contributed by atoms with E-state index in [4.69, 9.17) is 0 Å². The van der Waals surface area contributed by atoms with Crippen LogP contribution in [0.1, 0.15) is 4.88 Å². The summed E-state index contributed by atoms with van der Waals surface area (Å²) in [7, 11) is 0. The van der Waals surface area contributed by atoms with Crippen LogP contribution in [0.25, 0.3) is 10.4 Å². The fourth-order valence-electron chi connectivity index (χ4n) is 2.95. The van der Waals surface area contributed by atoms with Crippen LogP contribution >= 0.6 is 11.3 Å². The second kappa shape index (κ2) is 6.62. The minimum absolute atomic E-state index is 0.175. The van der Waals surface area contributed by atoms with E-state index in [1.807, 2.05) is 0 Å². The monoisotopic (exact) mass is 341 g/mol. The Morgan fingerprint density at radius 1 is 1.17 bits per heavy atom. The van der Waals surface area contributed by atoms with Gasteiger partial charge in [0.25, 0.3) is 0 Å². The molecular formula is C17H19N5OS. The fraction of sp³-hybridized carbons (Fsp3) is 0.294. The lowest BCUT2D eigenvalue weighted by Gasteiger charge is -2.29. The molecular weight excluding hydrogens is 322 g/mol. The van der Waals surface area contributed by atoms with E-state index < -0.39 is 0 Å². The molecule has 1 fully saturated rings. The van der Waals surface area contributed by atoms with Gasteiger partial charge in [0, 0.05) is 41.6 Å². The first kappa shape index (κ1) is 15.2. The SMILES string of the molecule is O=c1[nH]ncn1Cc1ccc(-c2cccc(N3CCNCC3)c2)s1. The molecule has 3 aromatic rings. The van der Waals surface area contributed by atoms with E-state index in [-0.39, 0.29) is 5.69 Å². The number of aromatic amines is 1. The van der Waals surface area contributed by atoms with E-state index >= 15 is 0 Å². The maximum atomic E-state index is 11.6. The van der Waals surface area contributed by atoms with Gasteiger partial charge in [-0.05, 0) is 29.8 Å². The second-order valence-electron chi connectivity index (χ2n) is 5.84. The third-order valence-corrected chi connectivity index (χ3v) is 5.34. The topological polar surface area (TPSA) is 66.0 Å². The summed E-state index contributed by atoms with van der Waals surface area (Å²) in [5, 5.41) is 9.57. The van der Waals surface area contributed by atoms with E-state index in [0.717, 1.165) is 31.1 Å². The third kappa shape index (κ3) is 3.13. The predicted molar refractivity (Wildman–Crippen MR) is 96.8 cm³/mol.